The second-order valence-electron chi connectivity index (χ2n) is 8.94. The summed E-state index contributed by atoms with van der Waals surface area (Å²) in [4.78, 5) is 0. The molecule has 3 heterocycles. The van der Waals surface area contributed by atoms with Gasteiger partial charge in [-0.25, -0.2) is 0 Å². The monoisotopic (exact) mass is 482 g/mol. The van der Waals surface area contributed by atoms with E-state index < -0.39 is 35.0 Å². The lowest BCUT2D eigenvalue weighted by Crippen LogP contribution is -2.62. The predicted octanol–water partition coefficient (Wildman–Crippen LogP) is 2.37. The second kappa shape index (κ2) is 10.4. The van der Waals surface area contributed by atoms with Gasteiger partial charge in [-0.2, -0.15) is 0 Å². The topological polar surface area (TPSA) is 80.4 Å². The van der Waals surface area contributed by atoms with Crippen molar-refractivity contribution >= 4 is 35.0 Å². The zero-order valence-electron chi connectivity index (χ0n) is 18.6. The quantitative estimate of drug-likeness (QED) is 0.238. The highest BCUT2D eigenvalue weighted by molar-refractivity contribution is 6.90. The minimum atomic E-state index is -2.43. The van der Waals surface area contributed by atoms with Crippen LogP contribution in [-0.4, -0.2) is 86.8 Å². The first-order valence-corrected chi connectivity index (χ1v) is 20.8. The lowest BCUT2D eigenvalue weighted by atomic mass is 10.5. The molecular formula is C17H38O8Si4. The molecule has 170 valence electrons. The average Bonchev–Trinajstić information content (AvgIpc) is 3.46. The fraction of sp³-hybridized carbons (Fsp3) is 1.00. The van der Waals surface area contributed by atoms with E-state index in [1.54, 1.807) is 0 Å². The second-order valence-corrected chi connectivity index (χ2v) is 21.9. The number of epoxide rings is 2. The van der Waals surface area contributed by atoms with Crippen LogP contribution in [0.3, 0.4) is 0 Å². The molecule has 0 spiro atoms. The van der Waals surface area contributed by atoms with Gasteiger partial charge in [0.25, 0.3) is 0 Å². The molecule has 3 aliphatic heterocycles. The normalized spacial score (nSPS) is 39.0. The molecule has 5 unspecified atom stereocenters. The van der Waals surface area contributed by atoms with E-state index >= 15 is 0 Å². The first kappa shape index (κ1) is 24.2. The third-order valence-electron chi connectivity index (χ3n) is 5.01. The maximum Gasteiger partial charge on any atom is 0.317 e. The van der Waals surface area contributed by atoms with Crippen molar-refractivity contribution in [3.8, 4) is 0 Å². The third kappa shape index (κ3) is 9.29. The van der Waals surface area contributed by atoms with E-state index in [0.29, 0.717) is 38.6 Å². The van der Waals surface area contributed by atoms with Crippen LogP contribution in [0.5, 0.6) is 0 Å². The molecule has 0 amide bonds. The first-order valence-electron chi connectivity index (χ1n) is 10.8. The van der Waals surface area contributed by atoms with Gasteiger partial charge in [-0.05, 0) is 57.7 Å². The van der Waals surface area contributed by atoms with Crippen LogP contribution < -0.4 is 0 Å². The average molecular weight is 483 g/mol. The number of ether oxygens (including phenoxy) is 4. The largest absolute Gasteiger partial charge is 0.418 e. The highest BCUT2D eigenvalue weighted by Crippen LogP contribution is 2.32. The van der Waals surface area contributed by atoms with Crippen molar-refractivity contribution in [1.29, 1.82) is 0 Å². The molecule has 3 rings (SSSR count). The molecule has 12 heteroatoms. The molecule has 0 N–H and O–H groups in total. The van der Waals surface area contributed by atoms with Crippen LogP contribution in [0.15, 0.2) is 0 Å². The molecule has 0 aromatic carbocycles. The molecule has 0 radical (unpaired) electrons. The highest BCUT2D eigenvalue weighted by Gasteiger charge is 2.50. The molecule has 0 saturated carbocycles. The molecule has 5 atom stereocenters. The van der Waals surface area contributed by atoms with Crippen molar-refractivity contribution in [2.75, 3.05) is 39.6 Å². The van der Waals surface area contributed by atoms with E-state index in [2.05, 4.69) is 32.7 Å². The van der Waals surface area contributed by atoms with Gasteiger partial charge in [0.2, 0.25) is 0 Å². The van der Waals surface area contributed by atoms with Gasteiger partial charge in [0.05, 0.1) is 26.4 Å². The first-order chi connectivity index (χ1) is 13.7. The van der Waals surface area contributed by atoms with Gasteiger partial charge in [-0.3, -0.25) is 0 Å². The van der Waals surface area contributed by atoms with E-state index in [1.165, 1.54) is 0 Å². The summed E-state index contributed by atoms with van der Waals surface area (Å²) in [5.41, 5.74) is 0. The SMILES string of the molecule is C[SiH]1O[Si](C)(C)O[Si](C)(CCCOCC2CO2)O[Si](C)(CCCOCC2CO2)O1. The molecule has 0 aliphatic carbocycles. The summed E-state index contributed by atoms with van der Waals surface area (Å²) in [6, 6.07) is 1.78. The Balaban J connectivity index is 1.51. The van der Waals surface area contributed by atoms with E-state index in [4.69, 9.17) is 35.4 Å². The Morgan fingerprint density at radius 2 is 1.31 bits per heavy atom. The van der Waals surface area contributed by atoms with Gasteiger partial charge in [0.1, 0.15) is 12.2 Å². The van der Waals surface area contributed by atoms with E-state index in [0.717, 1.165) is 38.1 Å². The molecule has 0 aromatic heterocycles. The van der Waals surface area contributed by atoms with Gasteiger partial charge in [0.15, 0.2) is 0 Å². The fourth-order valence-corrected chi connectivity index (χ4v) is 23.3. The van der Waals surface area contributed by atoms with Gasteiger partial charge in [-0.1, -0.05) is 0 Å². The van der Waals surface area contributed by atoms with Crippen LogP contribution in [0.25, 0.3) is 0 Å². The van der Waals surface area contributed by atoms with Gasteiger partial charge in [0, 0.05) is 13.2 Å². The third-order valence-corrected chi connectivity index (χ3v) is 21.6. The molecule has 3 aliphatic rings. The summed E-state index contributed by atoms with van der Waals surface area (Å²) in [5.74, 6) is 0. The summed E-state index contributed by atoms with van der Waals surface area (Å²) < 4.78 is 48.1. The van der Waals surface area contributed by atoms with Crippen LogP contribution in [0, 0.1) is 0 Å². The highest BCUT2D eigenvalue weighted by atomic mass is 28.5. The Hall–Kier alpha value is 0.548. The van der Waals surface area contributed by atoms with Gasteiger partial charge < -0.3 is 35.4 Å². The smallest absolute Gasteiger partial charge is 0.317 e. The summed E-state index contributed by atoms with van der Waals surface area (Å²) in [6.07, 6.45) is 2.46. The Morgan fingerprint density at radius 3 is 1.83 bits per heavy atom. The van der Waals surface area contributed by atoms with Crippen LogP contribution in [0.2, 0.25) is 44.8 Å². The van der Waals surface area contributed by atoms with Gasteiger partial charge in [-0.15, -0.1) is 0 Å². The molecule has 8 nitrogen and oxygen atoms in total. The Labute approximate surface area is 180 Å². The predicted molar refractivity (Wildman–Crippen MR) is 118 cm³/mol. The van der Waals surface area contributed by atoms with Crippen molar-refractivity contribution in [2.45, 2.75) is 69.9 Å². The maximum atomic E-state index is 6.81. The van der Waals surface area contributed by atoms with Crippen molar-refractivity contribution < 1.29 is 35.4 Å². The van der Waals surface area contributed by atoms with Crippen LogP contribution >= 0.6 is 0 Å². The van der Waals surface area contributed by atoms with Crippen molar-refractivity contribution in [3.63, 3.8) is 0 Å². The molecule has 29 heavy (non-hydrogen) atoms. The summed E-state index contributed by atoms with van der Waals surface area (Å²) in [7, 11) is -8.88. The van der Waals surface area contributed by atoms with Crippen LogP contribution in [0.4, 0.5) is 0 Å². The zero-order valence-corrected chi connectivity index (χ0v) is 22.7. The maximum absolute atomic E-state index is 6.81. The number of hydrogen-bond acceptors (Lipinski definition) is 8. The summed E-state index contributed by atoms with van der Waals surface area (Å²) in [5, 5.41) is 0. The molecular weight excluding hydrogens is 445 g/mol. The van der Waals surface area contributed by atoms with Crippen molar-refractivity contribution in [2.24, 2.45) is 0 Å². The van der Waals surface area contributed by atoms with Gasteiger partial charge >= 0.3 is 35.0 Å². The lowest BCUT2D eigenvalue weighted by molar-refractivity contribution is 0.114. The molecule has 3 fully saturated rings. The standard InChI is InChI=1S/C17H38O8Si4/c1-26-22-27(2,3)24-29(5,11-7-9-19-13-17-15-21-17)25-28(4,23-26)10-6-8-18-12-16-14-20-16/h16-17,26H,6-15H2,1-5H3. The molecule has 0 aromatic rings. The van der Waals surface area contributed by atoms with Crippen LogP contribution in [0.1, 0.15) is 12.8 Å². The summed E-state index contributed by atoms with van der Waals surface area (Å²) in [6.45, 7) is 15.1. The molecule has 0 bridgehead atoms. The minimum Gasteiger partial charge on any atom is -0.418 e. The van der Waals surface area contributed by atoms with E-state index in [9.17, 15) is 0 Å². The Bertz CT molecular complexity index is 522. The van der Waals surface area contributed by atoms with Crippen LogP contribution in [-0.2, 0) is 35.4 Å². The number of hydrogen-bond donors (Lipinski definition) is 0. The Morgan fingerprint density at radius 1 is 0.793 bits per heavy atom. The summed E-state index contributed by atoms with van der Waals surface area (Å²) >= 11 is 0. The van der Waals surface area contributed by atoms with E-state index in [1.807, 2.05) is 0 Å². The lowest BCUT2D eigenvalue weighted by Gasteiger charge is -2.45. The Kier molecular flexibility index (Phi) is 8.71. The fourth-order valence-electron chi connectivity index (χ4n) is 3.78. The van der Waals surface area contributed by atoms with E-state index in [-0.39, 0.29) is 0 Å². The number of rotatable bonds is 12. The molecule has 3 saturated heterocycles. The van der Waals surface area contributed by atoms with Crippen molar-refractivity contribution in [1.82, 2.24) is 0 Å². The zero-order chi connectivity index (χ0) is 21.0. The van der Waals surface area contributed by atoms with Crippen molar-refractivity contribution in [3.05, 3.63) is 0 Å². The minimum absolute atomic E-state index is 0.306.